The highest BCUT2D eigenvalue weighted by atomic mass is 16.6. The number of nitrogens with zero attached hydrogens (tertiary/aromatic N) is 1. The second kappa shape index (κ2) is 10.3. The molecule has 3 unspecified atom stereocenters. The van der Waals surface area contributed by atoms with Gasteiger partial charge in [-0.25, -0.2) is 9.59 Å². The number of nitrogens with one attached hydrogen (secondary N) is 2. The van der Waals surface area contributed by atoms with Crippen LogP contribution in [0.5, 0.6) is 0 Å². The van der Waals surface area contributed by atoms with Crippen LogP contribution in [0.2, 0.25) is 0 Å². The largest absolute Gasteiger partial charge is 0.445 e. The third kappa shape index (κ3) is 7.57. The molecular weight excluding hydrogens is 386 g/mol. The van der Waals surface area contributed by atoms with Crippen LogP contribution < -0.4 is 10.6 Å². The number of alkyl carbamates (subject to hydrolysis) is 2. The summed E-state index contributed by atoms with van der Waals surface area (Å²) in [6.07, 6.45) is 0.451. The molecule has 2 N–H and O–H groups in total. The van der Waals surface area contributed by atoms with E-state index in [1.165, 1.54) is 0 Å². The van der Waals surface area contributed by atoms with Gasteiger partial charge < -0.3 is 25.0 Å². The Hall–Kier alpha value is -2.77. The van der Waals surface area contributed by atoms with Crippen LogP contribution in [0.15, 0.2) is 30.3 Å². The van der Waals surface area contributed by atoms with Crippen LogP contribution in [-0.4, -0.2) is 54.8 Å². The molecule has 2 rings (SSSR count). The zero-order valence-corrected chi connectivity index (χ0v) is 18.4. The Labute approximate surface area is 178 Å². The Morgan fingerprint density at radius 1 is 1.00 bits per heavy atom. The highest BCUT2D eigenvalue weighted by Gasteiger charge is 2.37. The molecule has 0 heterocycles. The van der Waals surface area contributed by atoms with Crippen LogP contribution in [0.25, 0.3) is 0 Å². The fourth-order valence-corrected chi connectivity index (χ4v) is 3.47. The summed E-state index contributed by atoms with van der Waals surface area (Å²) in [4.78, 5) is 38.6. The van der Waals surface area contributed by atoms with Gasteiger partial charge in [0.05, 0.1) is 12.1 Å². The highest BCUT2D eigenvalue weighted by molar-refractivity contribution is 5.79. The third-order valence-electron chi connectivity index (χ3n) is 4.86. The molecule has 166 valence electrons. The maximum atomic E-state index is 12.4. The van der Waals surface area contributed by atoms with Gasteiger partial charge in [-0.2, -0.15) is 0 Å². The van der Waals surface area contributed by atoms with E-state index >= 15 is 0 Å². The Kier molecular flexibility index (Phi) is 8.08. The first-order valence-corrected chi connectivity index (χ1v) is 10.2. The van der Waals surface area contributed by atoms with Crippen LogP contribution in [0, 0.1) is 5.92 Å². The minimum absolute atomic E-state index is 0.00942. The topological polar surface area (TPSA) is 97.0 Å². The average Bonchev–Trinajstić information content (AvgIpc) is 2.66. The number of rotatable bonds is 5. The molecule has 0 spiro atoms. The van der Waals surface area contributed by atoms with E-state index in [1.807, 2.05) is 30.3 Å². The maximum absolute atomic E-state index is 12.4. The van der Waals surface area contributed by atoms with Crippen molar-refractivity contribution in [3.8, 4) is 0 Å². The van der Waals surface area contributed by atoms with Crippen molar-refractivity contribution >= 4 is 18.1 Å². The molecule has 1 aliphatic carbocycles. The molecule has 1 aliphatic rings. The smallest absolute Gasteiger partial charge is 0.407 e. The minimum atomic E-state index is -0.625. The van der Waals surface area contributed by atoms with E-state index < -0.39 is 23.8 Å². The molecular formula is C22H33N3O5. The summed E-state index contributed by atoms with van der Waals surface area (Å²) in [6, 6.07) is 8.57. The predicted molar refractivity (Wildman–Crippen MR) is 113 cm³/mol. The summed E-state index contributed by atoms with van der Waals surface area (Å²) in [5, 5.41) is 5.67. The van der Waals surface area contributed by atoms with Crippen molar-refractivity contribution in [2.24, 2.45) is 5.92 Å². The van der Waals surface area contributed by atoms with Crippen molar-refractivity contribution in [1.82, 2.24) is 15.5 Å². The summed E-state index contributed by atoms with van der Waals surface area (Å²) in [5.41, 5.74) is 0.250. The monoisotopic (exact) mass is 419 g/mol. The van der Waals surface area contributed by atoms with Crippen LogP contribution in [0.3, 0.4) is 0 Å². The van der Waals surface area contributed by atoms with E-state index in [4.69, 9.17) is 9.47 Å². The van der Waals surface area contributed by atoms with Gasteiger partial charge in [0.2, 0.25) is 5.91 Å². The normalized spacial score (nSPS) is 21.3. The van der Waals surface area contributed by atoms with Gasteiger partial charge in [-0.15, -0.1) is 0 Å². The Morgan fingerprint density at radius 3 is 2.23 bits per heavy atom. The van der Waals surface area contributed by atoms with E-state index in [1.54, 1.807) is 39.8 Å². The third-order valence-corrected chi connectivity index (χ3v) is 4.86. The van der Waals surface area contributed by atoms with E-state index in [0.29, 0.717) is 19.3 Å². The molecule has 0 saturated heterocycles. The highest BCUT2D eigenvalue weighted by Crippen LogP contribution is 2.27. The SMILES string of the molecule is CN(C)C(=O)C1CCC(NC(=O)OC(C)(C)C)C(NC(=O)OCc2ccccc2)C1. The van der Waals surface area contributed by atoms with Gasteiger partial charge in [0, 0.05) is 20.0 Å². The maximum Gasteiger partial charge on any atom is 0.407 e. The van der Waals surface area contributed by atoms with Gasteiger partial charge in [-0.3, -0.25) is 4.79 Å². The van der Waals surface area contributed by atoms with Crippen molar-refractivity contribution in [3.63, 3.8) is 0 Å². The zero-order chi connectivity index (χ0) is 22.3. The number of hydrogen-bond acceptors (Lipinski definition) is 5. The lowest BCUT2D eigenvalue weighted by molar-refractivity contribution is -0.134. The van der Waals surface area contributed by atoms with E-state index in [0.717, 1.165) is 5.56 Å². The molecule has 3 amide bonds. The summed E-state index contributed by atoms with van der Waals surface area (Å²) >= 11 is 0. The quantitative estimate of drug-likeness (QED) is 0.765. The molecule has 1 saturated carbocycles. The van der Waals surface area contributed by atoms with Crippen molar-refractivity contribution in [1.29, 1.82) is 0 Å². The lowest BCUT2D eigenvalue weighted by Crippen LogP contribution is -2.56. The molecule has 8 heteroatoms. The number of carbonyl (C=O) groups excluding carboxylic acids is 3. The number of ether oxygens (including phenoxy) is 2. The number of hydrogen-bond donors (Lipinski definition) is 2. The van der Waals surface area contributed by atoms with Gasteiger partial charge >= 0.3 is 12.2 Å². The minimum Gasteiger partial charge on any atom is -0.445 e. The number of carbonyl (C=O) groups is 3. The molecule has 1 aromatic rings. The first-order valence-electron chi connectivity index (χ1n) is 10.2. The van der Waals surface area contributed by atoms with E-state index in [-0.39, 0.29) is 24.5 Å². The second-order valence-corrected chi connectivity index (χ2v) is 8.81. The first kappa shape index (κ1) is 23.5. The summed E-state index contributed by atoms with van der Waals surface area (Å²) < 4.78 is 10.7. The summed E-state index contributed by atoms with van der Waals surface area (Å²) in [6.45, 7) is 5.51. The average molecular weight is 420 g/mol. The Morgan fingerprint density at radius 2 is 1.63 bits per heavy atom. The molecule has 1 aromatic carbocycles. The van der Waals surface area contributed by atoms with Crippen molar-refractivity contribution in [2.75, 3.05) is 14.1 Å². The van der Waals surface area contributed by atoms with Crippen molar-refractivity contribution in [3.05, 3.63) is 35.9 Å². The number of benzene rings is 1. The fraction of sp³-hybridized carbons (Fsp3) is 0.591. The van der Waals surface area contributed by atoms with Crippen LogP contribution in [-0.2, 0) is 20.9 Å². The molecule has 3 atom stereocenters. The van der Waals surface area contributed by atoms with Gasteiger partial charge in [0.25, 0.3) is 0 Å². The van der Waals surface area contributed by atoms with Crippen LogP contribution >= 0.6 is 0 Å². The van der Waals surface area contributed by atoms with Crippen LogP contribution in [0.1, 0.15) is 45.6 Å². The van der Waals surface area contributed by atoms with Crippen molar-refractivity contribution in [2.45, 2.75) is 64.3 Å². The lowest BCUT2D eigenvalue weighted by Gasteiger charge is -2.37. The zero-order valence-electron chi connectivity index (χ0n) is 18.4. The van der Waals surface area contributed by atoms with E-state index in [9.17, 15) is 14.4 Å². The molecule has 0 bridgehead atoms. The molecule has 0 aromatic heterocycles. The number of amides is 3. The second-order valence-electron chi connectivity index (χ2n) is 8.81. The van der Waals surface area contributed by atoms with Gasteiger partial charge in [0.1, 0.15) is 12.2 Å². The molecule has 30 heavy (non-hydrogen) atoms. The van der Waals surface area contributed by atoms with Gasteiger partial charge in [-0.1, -0.05) is 30.3 Å². The molecule has 0 aliphatic heterocycles. The Bertz CT molecular complexity index is 730. The summed E-state index contributed by atoms with van der Waals surface area (Å²) in [5.74, 6) is -0.216. The fourth-order valence-electron chi connectivity index (χ4n) is 3.47. The predicted octanol–water partition coefficient (Wildman–Crippen LogP) is 3.06. The van der Waals surface area contributed by atoms with Crippen LogP contribution in [0.4, 0.5) is 9.59 Å². The Balaban J connectivity index is 2.01. The standard InChI is InChI=1S/C22H33N3O5/c1-22(2,3)30-21(28)23-17-12-11-16(19(26)25(4)5)13-18(17)24-20(27)29-14-15-9-7-6-8-10-15/h6-10,16-18H,11-14H2,1-5H3,(H,23,28)(H,24,27). The van der Waals surface area contributed by atoms with E-state index in [2.05, 4.69) is 10.6 Å². The molecule has 8 nitrogen and oxygen atoms in total. The van der Waals surface area contributed by atoms with Gasteiger partial charge in [-0.05, 0) is 45.6 Å². The van der Waals surface area contributed by atoms with Gasteiger partial charge in [0.15, 0.2) is 0 Å². The summed E-state index contributed by atoms with van der Waals surface area (Å²) in [7, 11) is 3.42. The van der Waals surface area contributed by atoms with Crippen molar-refractivity contribution < 1.29 is 23.9 Å². The molecule has 0 radical (unpaired) electrons. The lowest BCUT2D eigenvalue weighted by atomic mass is 9.81. The molecule has 1 fully saturated rings. The first-order chi connectivity index (χ1) is 14.0.